The molecule has 0 aliphatic carbocycles. The van der Waals surface area contributed by atoms with E-state index in [-0.39, 0.29) is 11.3 Å². The van der Waals surface area contributed by atoms with Crippen LogP contribution in [0.25, 0.3) is 10.9 Å². The molecule has 0 spiro atoms. The number of para-hydroxylation sites is 1. The molecule has 1 aromatic heterocycles. The molecular weight excluding hydrogens is 204 g/mol. The Balaban J connectivity index is 2.42. The highest BCUT2D eigenvalue weighted by molar-refractivity contribution is 5.77. The number of ketones is 1. The molecule has 0 aliphatic rings. The fourth-order valence-corrected chi connectivity index (χ4v) is 1.55. The Morgan fingerprint density at radius 1 is 1.38 bits per heavy atom. The van der Waals surface area contributed by atoms with Crippen molar-refractivity contribution in [2.24, 2.45) is 0 Å². The van der Waals surface area contributed by atoms with E-state index in [1.165, 1.54) is 6.92 Å². The van der Waals surface area contributed by atoms with E-state index in [1.807, 2.05) is 6.07 Å². The van der Waals surface area contributed by atoms with Gasteiger partial charge in [0.25, 0.3) is 5.56 Å². The molecule has 2 rings (SSSR count). The van der Waals surface area contributed by atoms with Crippen molar-refractivity contribution in [3.8, 4) is 0 Å². The van der Waals surface area contributed by atoms with Crippen LogP contribution in [-0.4, -0.2) is 15.8 Å². The smallest absolute Gasteiger partial charge is 0.258 e. The first-order chi connectivity index (χ1) is 7.66. The third-order valence-corrected chi connectivity index (χ3v) is 2.38. The Morgan fingerprint density at radius 2 is 2.12 bits per heavy atom. The molecule has 16 heavy (non-hydrogen) atoms. The van der Waals surface area contributed by atoms with Gasteiger partial charge in [0.1, 0.15) is 11.6 Å². The summed E-state index contributed by atoms with van der Waals surface area (Å²) in [5.74, 6) is 0.662. The van der Waals surface area contributed by atoms with Crippen LogP contribution in [0.4, 0.5) is 0 Å². The minimum atomic E-state index is -0.149. The summed E-state index contributed by atoms with van der Waals surface area (Å²) in [6, 6.07) is 7.16. The van der Waals surface area contributed by atoms with Gasteiger partial charge < -0.3 is 9.78 Å². The standard InChI is InChI=1S/C12H12N2O2/c1-8(15)6-7-11-13-10-5-3-2-4-9(10)12(16)14-11/h2-5H,6-7H2,1H3,(H,13,14,16). The van der Waals surface area contributed by atoms with Crippen molar-refractivity contribution in [2.75, 3.05) is 0 Å². The Bertz CT molecular complexity index is 587. The number of H-pyrrole nitrogens is 1. The minimum Gasteiger partial charge on any atom is -0.310 e. The van der Waals surface area contributed by atoms with E-state index in [0.717, 1.165) is 0 Å². The summed E-state index contributed by atoms with van der Waals surface area (Å²) in [6.45, 7) is 1.53. The highest BCUT2D eigenvalue weighted by atomic mass is 16.1. The number of aryl methyl sites for hydroxylation is 1. The van der Waals surface area contributed by atoms with Crippen molar-refractivity contribution >= 4 is 16.7 Å². The van der Waals surface area contributed by atoms with E-state index in [2.05, 4.69) is 9.97 Å². The second-order valence-electron chi connectivity index (χ2n) is 3.73. The van der Waals surface area contributed by atoms with Gasteiger partial charge in [0.15, 0.2) is 0 Å². The summed E-state index contributed by atoms with van der Waals surface area (Å²) < 4.78 is 0. The third-order valence-electron chi connectivity index (χ3n) is 2.38. The summed E-state index contributed by atoms with van der Waals surface area (Å²) in [5.41, 5.74) is 0.522. The van der Waals surface area contributed by atoms with E-state index >= 15 is 0 Å². The molecule has 0 unspecified atom stereocenters. The van der Waals surface area contributed by atoms with Crippen LogP contribution in [0, 0.1) is 0 Å². The van der Waals surface area contributed by atoms with Gasteiger partial charge in [-0.15, -0.1) is 0 Å². The number of Topliss-reactive ketones (excluding diaryl/α,β-unsaturated/α-hetero) is 1. The summed E-state index contributed by atoms with van der Waals surface area (Å²) >= 11 is 0. The largest absolute Gasteiger partial charge is 0.310 e. The molecule has 0 radical (unpaired) electrons. The fraction of sp³-hybridized carbons (Fsp3) is 0.250. The van der Waals surface area contributed by atoms with Gasteiger partial charge in [-0.25, -0.2) is 4.98 Å². The van der Waals surface area contributed by atoms with Crippen LogP contribution in [0.1, 0.15) is 19.2 Å². The molecule has 1 N–H and O–H groups in total. The lowest BCUT2D eigenvalue weighted by Crippen LogP contribution is -2.12. The zero-order chi connectivity index (χ0) is 11.5. The van der Waals surface area contributed by atoms with Gasteiger partial charge in [0.2, 0.25) is 0 Å². The number of fused-ring (bicyclic) bond motifs is 1. The predicted octanol–water partition coefficient (Wildman–Crippen LogP) is 1.44. The van der Waals surface area contributed by atoms with Crippen molar-refractivity contribution in [3.63, 3.8) is 0 Å². The quantitative estimate of drug-likeness (QED) is 0.844. The number of aromatic amines is 1. The van der Waals surface area contributed by atoms with E-state index in [9.17, 15) is 9.59 Å². The number of aromatic nitrogens is 2. The molecule has 0 fully saturated rings. The van der Waals surface area contributed by atoms with Crippen LogP contribution >= 0.6 is 0 Å². The fourth-order valence-electron chi connectivity index (χ4n) is 1.55. The van der Waals surface area contributed by atoms with Gasteiger partial charge in [-0.2, -0.15) is 0 Å². The lowest BCUT2D eigenvalue weighted by atomic mass is 10.2. The number of carbonyl (C=O) groups excluding carboxylic acids is 1. The Hall–Kier alpha value is -1.97. The first-order valence-electron chi connectivity index (χ1n) is 5.14. The SMILES string of the molecule is CC(=O)CCc1nc2ccccc2c(=O)[nH]1. The summed E-state index contributed by atoms with van der Waals surface area (Å²) in [5, 5.41) is 0.578. The monoisotopic (exact) mass is 216 g/mol. The van der Waals surface area contributed by atoms with Crippen molar-refractivity contribution in [1.82, 2.24) is 9.97 Å². The minimum absolute atomic E-state index is 0.0933. The van der Waals surface area contributed by atoms with Crippen molar-refractivity contribution in [1.29, 1.82) is 0 Å². The summed E-state index contributed by atoms with van der Waals surface area (Å²) in [4.78, 5) is 29.5. The molecule has 0 saturated heterocycles. The van der Waals surface area contributed by atoms with Crippen molar-refractivity contribution < 1.29 is 4.79 Å². The van der Waals surface area contributed by atoms with Crippen LogP contribution in [0.5, 0.6) is 0 Å². The molecule has 1 heterocycles. The highest BCUT2D eigenvalue weighted by Gasteiger charge is 2.03. The van der Waals surface area contributed by atoms with Gasteiger partial charge in [0, 0.05) is 12.8 Å². The number of benzene rings is 1. The Morgan fingerprint density at radius 3 is 2.88 bits per heavy atom. The lowest BCUT2D eigenvalue weighted by Gasteiger charge is -2.01. The molecule has 2 aromatic rings. The van der Waals surface area contributed by atoms with E-state index in [4.69, 9.17) is 0 Å². The van der Waals surface area contributed by atoms with E-state index < -0.39 is 0 Å². The number of nitrogens with one attached hydrogen (secondary N) is 1. The molecule has 0 aliphatic heterocycles. The first-order valence-corrected chi connectivity index (χ1v) is 5.14. The number of nitrogens with zero attached hydrogens (tertiary/aromatic N) is 1. The molecule has 4 heteroatoms. The molecule has 0 bridgehead atoms. The molecule has 4 nitrogen and oxygen atoms in total. The van der Waals surface area contributed by atoms with Crippen LogP contribution in [0.3, 0.4) is 0 Å². The van der Waals surface area contributed by atoms with Gasteiger partial charge >= 0.3 is 0 Å². The van der Waals surface area contributed by atoms with Gasteiger partial charge in [-0.3, -0.25) is 4.79 Å². The lowest BCUT2D eigenvalue weighted by molar-refractivity contribution is -0.117. The molecule has 0 amide bonds. The highest BCUT2D eigenvalue weighted by Crippen LogP contribution is 2.06. The maximum absolute atomic E-state index is 11.7. The Labute approximate surface area is 92.3 Å². The van der Waals surface area contributed by atoms with Gasteiger partial charge in [-0.05, 0) is 19.1 Å². The number of hydrogen-bond donors (Lipinski definition) is 1. The van der Waals surface area contributed by atoms with Gasteiger partial charge in [-0.1, -0.05) is 12.1 Å². The van der Waals surface area contributed by atoms with Crippen LogP contribution in [0.15, 0.2) is 29.1 Å². The normalized spacial score (nSPS) is 10.6. The topological polar surface area (TPSA) is 62.8 Å². The first kappa shape index (κ1) is 10.5. The zero-order valence-corrected chi connectivity index (χ0v) is 8.99. The summed E-state index contributed by atoms with van der Waals surface area (Å²) in [7, 11) is 0. The van der Waals surface area contributed by atoms with Crippen molar-refractivity contribution in [3.05, 3.63) is 40.4 Å². The van der Waals surface area contributed by atoms with E-state index in [0.29, 0.717) is 29.6 Å². The maximum atomic E-state index is 11.7. The molecule has 0 atom stereocenters. The number of carbonyl (C=O) groups is 1. The number of hydrogen-bond acceptors (Lipinski definition) is 3. The van der Waals surface area contributed by atoms with E-state index in [1.54, 1.807) is 18.2 Å². The predicted molar refractivity (Wildman–Crippen MR) is 61.4 cm³/mol. The van der Waals surface area contributed by atoms with Crippen LogP contribution in [0.2, 0.25) is 0 Å². The van der Waals surface area contributed by atoms with Gasteiger partial charge in [0.05, 0.1) is 10.9 Å². The average molecular weight is 216 g/mol. The maximum Gasteiger partial charge on any atom is 0.258 e. The second kappa shape index (κ2) is 4.26. The Kier molecular flexibility index (Phi) is 2.81. The van der Waals surface area contributed by atoms with Crippen LogP contribution in [-0.2, 0) is 11.2 Å². The summed E-state index contributed by atoms with van der Waals surface area (Å²) in [6.07, 6.45) is 0.886. The average Bonchev–Trinajstić information content (AvgIpc) is 2.26. The molecule has 0 saturated carbocycles. The van der Waals surface area contributed by atoms with Crippen LogP contribution < -0.4 is 5.56 Å². The molecule has 1 aromatic carbocycles. The van der Waals surface area contributed by atoms with Crippen molar-refractivity contribution in [2.45, 2.75) is 19.8 Å². The number of rotatable bonds is 3. The third kappa shape index (κ3) is 2.16. The molecule has 82 valence electrons. The zero-order valence-electron chi connectivity index (χ0n) is 8.99. The molecular formula is C12H12N2O2. The second-order valence-corrected chi connectivity index (χ2v) is 3.73.